The van der Waals surface area contributed by atoms with Crippen molar-refractivity contribution in [1.29, 1.82) is 5.26 Å². The molecule has 0 spiro atoms. The number of allylic oxidation sites excluding steroid dienone is 1. The number of nitrogens with zero attached hydrogens (tertiary/aromatic N) is 3. The van der Waals surface area contributed by atoms with Crippen molar-refractivity contribution in [2.75, 3.05) is 5.32 Å². The maximum Gasteiger partial charge on any atom is 0.230 e. The number of hydrogen-bond acceptors (Lipinski definition) is 3. The first-order valence-corrected chi connectivity index (χ1v) is 6.44. The molecule has 1 saturated carbocycles. The van der Waals surface area contributed by atoms with Crippen molar-refractivity contribution in [3.63, 3.8) is 0 Å². The molecule has 1 fully saturated rings. The molecule has 20 heavy (non-hydrogen) atoms. The van der Waals surface area contributed by atoms with Crippen LogP contribution in [0, 0.1) is 23.2 Å². The number of fused-ring (bicyclic) bond motifs is 1. The lowest BCUT2D eigenvalue weighted by molar-refractivity contribution is -0.117. The van der Waals surface area contributed by atoms with E-state index in [4.69, 9.17) is 5.26 Å². The third kappa shape index (κ3) is 1.95. The second-order valence-electron chi connectivity index (χ2n) is 5.04. The van der Waals surface area contributed by atoms with E-state index in [1.807, 2.05) is 23.8 Å². The van der Waals surface area contributed by atoms with E-state index < -0.39 is 0 Å². The zero-order chi connectivity index (χ0) is 14.3. The molecule has 0 bridgehead atoms. The summed E-state index contributed by atoms with van der Waals surface area (Å²) < 4.78 is 1.82. The van der Waals surface area contributed by atoms with Crippen molar-refractivity contribution in [1.82, 2.24) is 9.55 Å². The minimum Gasteiger partial charge on any atom is -0.313 e. The van der Waals surface area contributed by atoms with Crippen molar-refractivity contribution in [2.24, 2.45) is 18.9 Å². The largest absolute Gasteiger partial charge is 0.313 e. The lowest BCUT2D eigenvalue weighted by atomic mass is 10.2. The van der Waals surface area contributed by atoms with Gasteiger partial charge in [-0.25, -0.2) is 4.98 Å². The number of nitrogens with one attached hydrogen (secondary N) is 1. The van der Waals surface area contributed by atoms with Gasteiger partial charge < -0.3 is 4.57 Å². The van der Waals surface area contributed by atoms with Crippen LogP contribution in [0.4, 0.5) is 5.95 Å². The van der Waals surface area contributed by atoms with E-state index in [1.54, 1.807) is 12.1 Å². The van der Waals surface area contributed by atoms with Gasteiger partial charge in [-0.3, -0.25) is 10.1 Å². The van der Waals surface area contributed by atoms with Crippen LogP contribution >= 0.6 is 0 Å². The average molecular weight is 266 g/mol. The number of aryl methyl sites for hydroxylation is 1. The summed E-state index contributed by atoms with van der Waals surface area (Å²) in [5, 5.41) is 11.7. The molecule has 0 aliphatic heterocycles. The lowest BCUT2D eigenvalue weighted by Crippen LogP contribution is -2.17. The molecule has 1 amide bonds. The van der Waals surface area contributed by atoms with Gasteiger partial charge in [-0.1, -0.05) is 6.08 Å². The minimum atomic E-state index is -0.0196. The smallest absolute Gasteiger partial charge is 0.230 e. The van der Waals surface area contributed by atoms with E-state index >= 15 is 0 Å². The summed E-state index contributed by atoms with van der Waals surface area (Å²) in [5.41, 5.74) is 2.15. The van der Waals surface area contributed by atoms with Gasteiger partial charge in [-0.15, -0.1) is 6.58 Å². The Hall–Kier alpha value is -2.61. The van der Waals surface area contributed by atoms with Gasteiger partial charge in [0.2, 0.25) is 11.9 Å². The Bertz CT molecular complexity index is 753. The third-order valence-electron chi connectivity index (χ3n) is 3.72. The number of aromatic nitrogens is 2. The predicted octanol–water partition coefficient (Wildman–Crippen LogP) is 2.21. The fourth-order valence-corrected chi connectivity index (χ4v) is 2.36. The van der Waals surface area contributed by atoms with E-state index in [1.165, 1.54) is 0 Å². The number of rotatable bonds is 3. The van der Waals surface area contributed by atoms with Crippen molar-refractivity contribution in [3.8, 4) is 6.07 Å². The van der Waals surface area contributed by atoms with Crippen LogP contribution in [-0.4, -0.2) is 15.5 Å². The Morgan fingerprint density at radius 3 is 3.10 bits per heavy atom. The summed E-state index contributed by atoms with van der Waals surface area (Å²) in [6.45, 7) is 3.70. The lowest BCUT2D eigenvalue weighted by Gasteiger charge is -2.04. The monoisotopic (exact) mass is 266 g/mol. The average Bonchev–Trinajstić information content (AvgIpc) is 3.19. The molecule has 3 rings (SSSR count). The Labute approximate surface area is 116 Å². The van der Waals surface area contributed by atoms with Crippen molar-refractivity contribution >= 4 is 22.9 Å². The molecule has 1 aliphatic carbocycles. The summed E-state index contributed by atoms with van der Waals surface area (Å²) in [6, 6.07) is 7.37. The Morgan fingerprint density at radius 2 is 2.45 bits per heavy atom. The van der Waals surface area contributed by atoms with Crippen LogP contribution < -0.4 is 5.32 Å². The van der Waals surface area contributed by atoms with E-state index in [0.717, 1.165) is 11.9 Å². The van der Waals surface area contributed by atoms with Gasteiger partial charge in [0.05, 0.1) is 22.7 Å². The van der Waals surface area contributed by atoms with Crippen molar-refractivity contribution < 1.29 is 4.79 Å². The van der Waals surface area contributed by atoms with Crippen LogP contribution in [0.1, 0.15) is 12.0 Å². The molecule has 5 heteroatoms. The highest BCUT2D eigenvalue weighted by Gasteiger charge is 2.41. The molecule has 1 aromatic carbocycles. The Balaban J connectivity index is 1.89. The highest BCUT2D eigenvalue weighted by atomic mass is 16.2. The topological polar surface area (TPSA) is 70.7 Å². The second-order valence-corrected chi connectivity index (χ2v) is 5.04. The van der Waals surface area contributed by atoms with Gasteiger partial charge in [0, 0.05) is 13.0 Å². The summed E-state index contributed by atoms with van der Waals surface area (Å²) in [4.78, 5) is 16.4. The Kier molecular flexibility index (Phi) is 2.79. The first-order valence-electron chi connectivity index (χ1n) is 6.44. The first kappa shape index (κ1) is 12.4. The fourth-order valence-electron chi connectivity index (χ4n) is 2.36. The van der Waals surface area contributed by atoms with Crippen LogP contribution in [0.3, 0.4) is 0 Å². The maximum absolute atomic E-state index is 12.0. The number of carbonyl (C=O) groups excluding carboxylic acids is 1. The van der Waals surface area contributed by atoms with Crippen LogP contribution in [0.15, 0.2) is 30.9 Å². The van der Waals surface area contributed by atoms with Crippen molar-refractivity contribution in [3.05, 3.63) is 36.4 Å². The third-order valence-corrected chi connectivity index (χ3v) is 3.72. The quantitative estimate of drug-likeness (QED) is 0.866. The van der Waals surface area contributed by atoms with E-state index in [0.29, 0.717) is 17.0 Å². The SMILES string of the molecule is C=C[C@H]1C[C@H]1C(=O)Nc1nc2cc(C#N)ccc2n1C. The molecular formula is C15H14N4O. The molecule has 2 aromatic rings. The highest BCUT2D eigenvalue weighted by Crippen LogP contribution is 2.40. The summed E-state index contributed by atoms with van der Waals surface area (Å²) >= 11 is 0. The molecule has 1 aliphatic rings. The number of nitriles is 1. The molecule has 5 nitrogen and oxygen atoms in total. The normalized spacial score (nSPS) is 20.4. The zero-order valence-electron chi connectivity index (χ0n) is 11.1. The molecule has 1 N–H and O–H groups in total. The van der Waals surface area contributed by atoms with Gasteiger partial charge in [-0.05, 0) is 30.5 Å². The first-order chi connectivity index (χ1) is 9.63. The van der Waals surface area contributed by atoms with Crippen LogP contribution in [-0.2, 0) is 11.8 Å². The van der Waals surface area contributed by atoms with Crippen LogP contribution in [0.2, 0.25) is 0 Å². The molecular weight excluding hydrogens is 252 g/mol. The van der Waals surface area contributed by atoms with Crippen LogP contribution in [0.5, 0.6) is 0 Å². The zero-order valence-corrected chi connectivity index (χ0v) is 11.1. The summed E-state index contributed by atoms with van der Waals surface area (Å²) in [7, 11) is 1.84. The predicted molar refractivity (Wildman–Crippen MR) is 75.9 cm³/mol. The number of anilines is 1. The van der Waals surface area contributed by atoms with E-state index in [9.17, 15) is 4.79 Å². The maximum atomic E-state index is 12.0. The van der Waals surface area contributed by atoms with Gasteiger partial charge in [0.1, 0.15) is 0 Å². The van der Waals surface area contributed by atoms with Gasteiger partial charge >= 0.3 is 0 Å². The van der Waals surface area contributed by atoms with E-state index in [-0.39, 0.29) is 17.7 Å². The fraction of sp³-hybridized carbons (Fsp3) is 0.267. The van der Waals surface area contributed by atoms with Gasteiger partial charge in [-0.2, -0.15) is 5.26 Å². The standard InChI is InChI=1S/C15H14N4O/c1-3-10-7-11(10)14(20)18-15-17-12-6-9(8-16)4-5-13(12)19(15)2/h3-6,10-11H,1,7H2,2H3,(H,17,18,20)/t10-,11+/m0/s1. The number of hydrogen-bond donors (Lipinski definition) is 1. The number of imidazole rings is 1. The number of benzene rings is 1. The molecule has 0 saturated heterocycles. The van der Waals surface area contributed by atoms with Gasteiger partial charge in [0.15, 0.2) is 0 Å². The number of amides is 1. The molecule has 1 aromatic heterocycles. The minimum absolute atomic E-state index is 0.0157. The Morgan fingerprint density at radius 1 is 1.65 bits per heavy atom. The summed E-state index contributed by atoms with van der Waals surface area (Å²) in [6.07, 6.45) is 2.68. The second kappa shape index (κ2) is 4.49. The molecule has 2 atom stereocenters. The summed E-state index contributed by atoms with van der Waals surface area (Å²) in [5.74, 6) is 0.792. The molecule has 0 unspecified atom stereocenters. The molecule has 1 heterocycles. The van der Waals surface area contributed by atoms with Crippen LogP contribution in [0.25, 0.3) is 11.0 Å². The van der Waals surface area contributed by atoms with Gasteiger partial charge in [0.25, 0.3) is 0 Å². The molecule has 100 valence electrons. The highest BCUT2D eigenvalue weighted by molar-refractivity contribution is 5.95. The van der Waals surface area contributed by atoms with E-state index in [2.05, 4.69) is 22.9 Å². The molecule has 0 radical (unpaired) electrons. The van der Waals surface area contributed by atoms with Crippen molar-refractivity contribution in [2.45, 2.75) is 6.42 Å². The number of carbonyl (C=O) groups is 1.